The predicted octanol–water partition coefficient (Wildman–Crippen LogP) is 24.7. The lowest BCUT2D eigenvalue weighted by molar-refractivity contribution is 1.18. The first-order chi connectivity index (χ1) is 45.0. The zero-order valence-corrected chi connectivity index (χ0v) is 50.5. The second-order valence-corrected chi connectivity index (χ2v) is 23.6. The number of hydrogen-bond donors (Lipinski definition) is 0. The van der Waals surface area contributed by atoms with Crippen LogP contribution in [0.15, 0.2) is 352 Å². The summed E-state index contributed by atoms with van der Waals surface area (Å²) >= 11 is 0. The quantitative estimate of drug-likeness (QED) is 0.0954. The molecular weight excluding hydrogens is 1100 g/mol. The van der Waals surface area contributed by atoms with Gasteiger partial charge < -0.3 is 9.13 Å². The molecule has 91 heavy (non-hydrogen) atoms. The van der Waals surface area contributed by atoms with Crippen molar-refractivity contribution in [2.24, 2.45) is 0 Å². The van der Waals surface area contributed by atoms with E-state index in [-0.39, 0.29) is 0 Å². The van der Waals surface area contributed by atoms with Gasteiger partial charge in [-0.2, -0.15) is 0 Å². The fourth-order valence-corrected chi connectivity index (χ4v) is 13.9. The lowest BCUT2D eigenvalue weighted by atomic mass is 9.85. The zero-order valence-electron chi connectivity index (χ0n) is 50.5. The molecule has 2 nitrogen and oxygen atoms in total. The molecule has 0 N–H and O–H groups in total. The highest BCUT2D eigenvalue weighted by molar-refractivity contribution is 6.21. The van der Waals surface area contributed by atoms with Crippen LogP contribution in [-0.2, 0) is 0 Å². The molecule has 0 radical (unpaired) electrons. The molecule has 0 spiro atoms. The Morgan fingerprint density at radius 3 is 0.637 bits per heavy atom. The highest BCUT2D eigenvalue weighted by Gasteiger charge is 2.20. The Bertz CT molecular complexity index is 5120. The van der Waals surface area contributed by atoms with Gasteiger partial charge in [-0.3, -0.25) is 0 Å². The number of aromatic nitrogens is 2. The van der Waals surface area contributed by atoms with E-state index in [1.165, 1.54) is 154 Å². The smallest absolute Gasteiger partial charge is 0.0541 e. The lowest BCUT2D eigenvalue weighted by Crippen LogP contribution is -1.93. The Kier molecular flexibility index (Phi) is 14.0. The van der Waals surface area contributed by atoms with E-state index in [0.29, 0.717) is 0 Å². The second kappa shape index (κ2) is 23.4. The average Bonchev–Trinajstić information content (AvgIpc) is 1.48. The molecule has 0 aliphatic carbocycles. The van der Waals surface area contributed by atoms with E-state index < -0.39 is 0 Å². The third-order valence-corrected chi connectivity index (χ3v) is 18.2. The van der Waals surface area contributed by atoms with Crippen molar-refractivity contribution >= 4 is 65.2 Å². The molecular formula is C89H62N2. The fourth-order valence-electron chi connectivity index (χ4n) is 13.9. The topological polar surface area (TPSA) is 9.86 Å². The van der Waals surface area contributed by atoms with Crippen LogP contribution in [0, 0.1) is 0 Å². The number of rotatable bonds is 10. The molecule has 0 fully saturated rings. The van der Waals surface area contributed by atoms with Gasteiger partial charge in [0.1, 0.15) is 0 Å². The normalized spacial score (nSPS) is 11.4. The van der Waals surface area contributed by atoms with Crippen LogP contribution >= 0.6 is 0 Å². The predicted molar refractivity (Wildman–Crippen MR) is 389 cm³/mol. The maximum atomic E-state index is 3.36. The number of hydrogen-bond acceptors (Lipinski definition) is 0. The SMILES string of the molecule is C=CC.c1ccc(-c2ccc3c(c2)c2cc(-c4ccc(-c5ccc(-c6c7ccccc7c(-c7ccc(-c8ccc(-c9ccc%10c(c9)c9cc(-c%11ccccc%11)ccc9n%10-c9ccccc9)cc8)cc7)c7ccccc67)cc5)cc4)ccc2n3-c2ccccc2)cc1. The molecule has 428 valence electrons. The highest BCUT2D eigenvalue weighted by Crippen LogP contribution is 2.46. The summed E-state index contributed by atoms with van der Waals surface area (Å²) in [6.45, 7) is 5.25. The summed E-state index contributed by atoms with van der Waals surface area (Å²) in [4.78, 5) is 0. The van der Waals surface area contributed by atoms with Gasteiger partial charge in [0.2, 0.25) is 0 Å². The Labute approximate surface area is 530 Å². The minimum Gasteiger partial charge on any atom is -0.309 e. The highest BCUT2D eigenvalue weighted by atomic mass is 15.0. The van der Waals surface area contributed by atoms with Crippen molar-refractivity contribution in [3.05, 3.63) is 352 Å². The molecule has 15 aromatic carbocycles. The van der Waals surface area contributed by atoms with Crippen molar-refractivity contribution in [2.75, 3.05) is 0 Å². The summed E-state index contributed by atoms with van der Waals surface area (Å²) in [6, 6.07) is 125. The van der Waals surface area contributed by atoms with Crippen LogP contribution in [0.25, 0.3) is 166 Å². The zero-order chi connectivity index (χ0) is 60.8. The molecule has 0 amide bonds. The van der Waals surface area contributed by atoms with Crippen LogP contribution in [0.4, 0.5) is 0 Å². The van der Waals surface area contributed by atoms with Crippen LogP contribution in [0.1, 0.15) is 6.92 Å². The van der Waals surface area contributed by atoms with Crippen LogP contribution in [0.3, 0.4) is 0 Å². The molecule has 0 saturated heterocycles. The fraction of sp³-hybridized carbons (Fsp3) is 0.0112. The third kappa shape index (κ3) is 9.88. The van der Waals surface area contributed by atoms with E-state index in [2.05, 4.69) is 355 Å². The van der Waals surface area contributed by atoms with Crippen LogP contribution in [0.5, 0.6) is 0 Å². The largest absolute Gasteiger partial charge is 0.309 e. The van der Waals surface area contributed by atoms with Gasteiger partial charge in [-0.1, -0.05) is 273 Å². The van der Waals surface area contributed by atoms with E-state index in [9.17, 15) is 0 Å². The Morgan fingerprint density at radius 1 is 0.198 bits per heavy atom. The summed E-state index contributed by atoms with van der Waals surface area (Å²) in [5.74, 6) is 0. The van der Waals surface area contributed by atoms with Crippen molar-refractivity contribution in [3.8, 4) is 100 Å². The van der Waals surface area contributed by atoms with E-state index in [4.69, 9.17) is 0 Å². The lowest BCUT2D eigenvalue weighted by Gasteiger charge is -2.18. The molecule has 0 unspecified atom stereocenters. The van der Waals surface area contributed by atoms with Gasteiger partial charge in [-0.05, 0) is 190 Å². The van der Waals surface area contributed by atoms with Crippen molar-refractivity contribution in [3.63, 3.8) is 0 Å². The first-order valence-electron chi connectivity index (χ1n) is 31.4. The van der Waals surface area contributed by atoms with Gasteiger partial charge in [0.25, 0.3) is 0 Å². The summed E-state index contributed by atoms with van der Waals surface area (Å²) in [5.41, 5.74) is 26.4. The maximum Gasteiger partial charge on any atom is 0.0541 e. The first kappa shape index (κ1) is 54.5. The molecule has 2 aromatic heterocycles. The summed E-state index contributed by atoms with van der Waals surface area (Å²) < 4.78 is 4.79. The van der Waals surface area contributed by atoms with Crippen molar-refractivity contribution in [2.45, 2.75) is 6.92 Å². The van der Waals surface area contributed by atoms with Gasteiger partial charge >= 0.3 is 0 Å². The molecule has 0 aliphatic rings. The van der Waals surface area contributed by atoms with Crippen LogP contribution in [0.2, 0.25) is 0 Å². The van der Waals surface area contributed by atoms with E-state index in [1.54, 1.807) is 6.08 Å². The molecule has 17 aromatic rings. The van der Waals surface area contributed by atoms with Crippen molar-refractivity contribution in [1.29, 1.82) is 0 Å². The first-order valence-corrected chi connectivity index (χ1v) is 31.4. The summed E-state index contributed by atoms with van der Waals surface area (Å²) in [5, 5.41) is 9.95. The van der Waals surface area contributed by atoms with Gasteiger partial charge in [-0.15, -0.1) is 6.58 Å². The van der Waals surface area contributed by atoms with Gasteiger partial charge in [0.05, 0.1) is 22.1 Å². The molecule has 0 atom stereocenters. The Morgan fingerprint density at radius 2 is 0.385 bits per heavy atom. The third-order valence-electron chi connectivity index (χ3n) is 18.2. The van der Waals surface area contributed by atoms with E-state index >= 15 is 0 Å². The minimum atomic E-state index is 1.16. The average molecular weight is 1160 g/mol. The van der Waals surface area contributed by atoms with Gasteiger partial charge in [0.15, 0.2) is 0 Å². The number of nitrogens with zero attached hydrogens (tertiary/aromatic N) is 2. The van der Waals surface area contributed by atoms with Gasteiger partial charge in [-0.25, -0.2) is 0 Å². The molecule has 17 rings (SSSR count). The standard InChI is InChI=1S/C86H56N2.C3H6/c1-5-17-57(18-6-1)67-45-49-81-77(53-67)79-55-69(47-51-83(79)87(81)71-21-9-3-10-22-71)63-33-29-59(30-34-63)61-37-41-65(42-38-61)85-73-25-13-15-27-75(73)86(76-28-16-14-26-74(76)85)66-43-39-62(40-44-66)60-31-35-64(36-32-60)70-48-52-84-80(56-70)78-54-68(58-19-7-2-8-20-58)46-50-82(78)88(84)72-23-11-4-12-24-72;1-3-2/h1-56H;3H,1H2,2H3. The van der Waals surface area contributed by atoms with Crippen LogP contribution in [-0.4, -0.2) is 9.13 Å². The maximum absolute atomic E-state index is 3.36. The van der Waals surface area contributed by atoms with Crippen LogP contribution < -0.4 is 0 Å². The van der Waals surface area contributed by atoms with Gasteiger partial charge in [0, 0.05) is 32.9 Å². The number of para-hydroxylation sites is 2. The Hall–Kier alpha value is -11.8. The van der Waals surface area contributed by atoms with E-state index in [0.717, 1.165) is 11.4 Å². The number of benzene rings is 15. The Balaban J connectivity index is 0.00000216. The monoisotopic (exact) mass is 1160 g/mol. The molecule has 0 saturated carbocycles. The number of fused-ring (bicyclic) bond motifs is 8. The number of allylic oxidation sites excluding steroid dienone is 1. The van der Waals surface area contributed by atoms with E-state index in [1.807, 2.05) is 6.92 Å². The second-order valence-electron chi connectivity index (χ2n) is 23.6. The summed E-state index contributed by atoms with van der Waals surface area (Å²) in [6.07, 6.45) is 1.75. The molecule has 0 bridgehead atoms. The minimum absolute atomic E-state index is 1.16. The van der Waals surface area contributed by atoms with Crippen molar-refractivity contribution < 1.29 is 0 Å². The van der Waals surface area contributed by atoms with Crippen molar-refractivity contribution in [1.82, 2.24) is 9.13 Å². The molecule has 2 heterocycles. The molecule has 2 heteroatoms. The summed E-state index contributed by atoms with van der Waals surface area (Å²) in [7, 11) is 0. The molecule has 0 aliphatic heterocycles.